The number of ketones is 1. The number of rotatable bonds is 11. The lowest BCUT2D eigenvalue weighted by Gasteiger charge is -2.24. The Morgan fingerprint density at radius 2 is 1.91 bits per heavy atom. The van der Waals surface area contributed by atoms with E-state index in [-0.39, 0.29) is 5.92 Å². The van der Waals surface area contributed by atoms with Crippen molar-refractivity contribution in [2.24, 2.45) is 11.7 Å². The maximum Gasteiger partial charge on any atom is 0.405 e. The van der Waals surface area contributed by atoms with E-state index in [0.717, 1.165) is 6.42 Å². The van der Waals surface area contributed by atoms with Crippen molar-refractivity contribution in [1.29, 1.82) is 0 Å². The molecular weight excluding hydrogens is 306 g/mol. The highest BCUT2D eigenvalue weighted by molar-refractivity contribution is 5.91. The van der Waals surface area contributed by atoms with Gasteiger partial charge < -0.3 is 15.8 Å². The van der Waals surface area contributed by atoms with E-state index in [1.54, 1.807) is 6.92 Å². The summed E-state index contributed by atoms with van der Waals surface area (Å²) in [6.07, 6.45) is 0.00765. The standard InChI is InChI=1S/C14H25N3O6/c1-4-6-7-10(11(18)8-17(21)22)16-13(19)12(9(3)5-2)23-14(15)20/h9-10,12H,4-8H2,1-3H3,(H2,15,20)(H,16,19). The summed E-state index contributed by atoms with van der Waals surface area (Å²) in [5, 5.41) is 12.9. The fraction of sp³-hybridized carbons (Fsp3) is 0.786. The van der Waals surface area contributed by atoms with E-state index in [4.69, 9.17) is 10.5 Å². The molecule has 9 nitrogen and oxygen atoms in total. The lowest BCUT2D eigenvalue weighted by atomic mass is 9.99. The number of hydrogen-bond donors (Lipinski definition) is 2. The van der Waals surface area contributed by atoms with E-state index in [9.17, 15) is 24.5 Å². The molecule has 0 aromatic heterocycles. The molecule has 0 aromatic carbocycles. The van der Waals surface area contributed by atoms with Crippen molar-refractivity contribution in [2.45, 2.75) is 58.6 Å². The number of amides is 2. The molecule has 132 valence electrons. The van der Waals surface area contributed by atoms with Crippen LogP contribution in [0.3, 0.4) is 0 Å². The second-order valence-electron chi connectivity index (χ2n) is 5.40. The third-order valence-electron chi connectivity index (χ3n) is 3.50. The topological polar surface area (TPSA) is 142 Å². The Kier molecular flexibility index (Phi) is 9.52. The third-order valence-corrected chi connectivity index (χ3v) is 3.50. The highest BCUT2D eigenvalue weighted by Gasteiger charge is 2.31. The van der Waals surface area contributed by atoms with Crippen LogP contribution < -0.4 is 11.1 Å². The number of unbranched alkanes of at least 4 members (excludes halogenated alkanes) is 1. The average Bonchev–Trinajstić information content (AvgIpc) is 2.46. The zero-order valence-electron chi connectivity index (χ0n) is 13.7. The molecular formula is C14H25N3O6. The van der Waals surface area contributed by atoms with Gasteiger partial charge in [-0.1, -0.05) is 33.6 Å². The number of carbonyl (C=O) groups is 3. The van der Waals surface area contributed by atoms with Gasteiger partial charge in [0.15, 0.2) is 6.10 Å². The summed E-state index contributed by atoms with van der Waals surface area (Å²) < 4.78 is 4.81. The molecule has 9 heteroatoms. The van der Waals surface area contributed by atoms with Gasteiger partial charge >= 0.3 is 6.09 Å². The van der Waals surface area contributed by atoms with Crippen molar-refractivity contribution >= 4 is 17.8 Å². The quantitative estimate of drug-likeness (QED) is 0.427. The van der Waals surface area contributed by atoms with Crippen molar-refractivity contribution in [3.63, 3.8) is 0 Å². The minimum absolute atomic E-state index is 0.290. The molecule has 0 aromatic rings. The molecule has 3 atom stereocenters. The first-order chi connectivity index (χ1) is 10.7. The molecule has 0 saturated carbocycles. The number of Topliss-reactive ketones (excluding diaryl/α,β-unsaturated/α-hetero) is 1. The van der Waals surface area contributed by atoms with E-state index in [2.05, 4.69) is 5.32 Å². The van der Waals surface area contributed by atoms with Crippen molar-refractivity contribution in [3.8, 4) is 0 Å². The Bertz CT molecular complexity index is 440. The summed E-state index contributed by atoms with van der Waals surface area (Å²) in [5.74, 6) is -1.66. The predicted molar refractivity (Wildman–Crippen MR) is 82.2 cm³/mol. The van der Waals surface area contributed by atoms with E-state index in [1.807, 2.05) is 13.8 Å². The maximum absolute atomic E-state index is 12.3. The van der Waals surface area contributed by atoms with E-state index >= 15 is 0 Å². The summed E-state index contributed by atoms with van der Waals surface area (Å²) >= 11 is 0. The number of nitrogens with zero attached hydrogens (tertiary/aromatic N) is 1. The molecule has 0 aliphatic heterocycles. The Morgan fingerprint density at radius 1 is 1.30 bits per heavy atom. The minimum Gasteiger partial charge on any atom is -0.436 e. The third kappa shape index (κ3) is 8.12. The Labute approximate surface area is 135 Å². The van der Waals surface area contributed by atoms with Gasteiger partial charge in [0, 0.05) is 10.8 Å². The molecule has 0 spiro atoms. The Morgan fingerprint density at radius 3 is 2.35 bits per heavy atom. The molecule has 0 fully saturated rings. The molecule has 3 N–H and O–H groups in total. The molecule has 0 aliphatic rings. The van der Waals surface area contributed by atoms with Crippen LogP contribution in [0.4, 0.5) is 4.79 Å². The summed E-state index contributed by atoms with van der Waals surface area (Å²) in [6.45, 7) is 4.54. The van der Waals surface area contributed by atoms with Gasteiger partial charge in [-0.2, -0.15) is 0 Å². The highest BCUT2D eigenvalue weighted by atomic mass is 16.6. The molecule has 3 unspecified atom stereocenters. The summed E-state index contributed by atoms with van der Waals surface area (Å²) in [6, 6.07) is -0.976. The van der Waals surface area contributed by atoms with Crippen LogP contribution in [0.2, 0.25) is 0 Å². The molecule has 0 radical (unpaired) electrons. The normalized spacial score (nSPS) is 14.4. The van der Waals surface area contributed by atoms with Crippen LogP contribution in [-0.4, -0.2) is 41.4 Å². The SMILES string of the molecule is CCCCC(NC(=O)C(OC(N)=O)C(C)CC)C(=O)C[N+](=O)[O-]. The van der Waals surface area contributed by atoms with Gasteiger partial charge in [-0.15, -0.1) is 0 Å². The fourth-order valence-electron chi connectivity index (χ4n) is 1.98. The molecule has 0 aliphatic carbocycles. The first kappa shape index (κ1) is 20.8. The number of primary amides is 1. The van der Waals surface area contributed by atoms with Gasteiger partial charge in [-0.25, -0.2) is 4.79 Å². The van der Waals surface area contributed by atoms with Crippen LogP contribution in [0.1, 0.15) is 46.5 Å². The van der Waals surface area contributed by atoms with Crippen molar-refractivity contribution < 1.29 is 24.0 Å². The van der Waals surface area contributed by atoms with E-state index in [0.29, 0.717) is 19.3 Å². The lowest BCUT2D eigenvalue weighted by molar-refractivity contribution is -0.467. The second-order valence-corrected chi connectivity index (χ2v) is 5.40. The molecule has 23 heavy (non-hydrogen) atoms. The van der Waals surface area contributed by atoms with Crippen LogP contribution in [0.25, 0.3) is 0 Å². The Hall–Kier alpha value is -2.19. The van der Waals surface area contributed by atoms with E-state index < -0.39 is 41.4 Å². The van der Waals surface area contributed by atoms with Gasteiger partial charge in [0.1, 0.15) is 0 Å². The van der Waals surface area contributed by atoms with Crippen molar-refractivity contribution in [1.82, 2.24) is 5.32 Å². The smallest absolute Gasteiger partial charge is 0.405 e. The zero-order chi connectivity index (χ0) is 18.0. The predicted octanol–water partition coefficient (Wildman–Crippen LogP) is 1.02. The molecule has 0 saturated heterocycles. The largest absolute Gasteiger partial charge is 0.436 e. The number of ether oxygens (including phenoxy) is 1. The average molecular weight is 331 g/mol. The summed E-state index contributed by atoms with van der Waals surface area (Å²) in [7, 11) is 0. The number of nitrogens with two attached hydrogens (primary N) is 1. The lowest BCUT2D eigenvalue weighted by Crippen LogP contribution is -2.50. The van der Waals surface area contributed by atoms with Crippen LogP contribution in [0, 0.1) is 16.0 Å². The van der Waals surface area contributed by atoms with Gasteiger partial charge in [-0.05, 0) is 12.8 Å². The van der Waals surface area contributed by atoms with Crippen LogP contribution in [0.15, 0.2) is 0 Å². The summed E-state index contributed by atoms with van der Waals surface area (Å²) in [5.41, 5.74) is 4.96. The second kappa shape index (κ2) is 10.5. The summed E-state index contributed by atoms with van der Waals surface area (Å²) in [4.78, 5) is 44.9. The number of nitro groups is 1. The van der Waals surface area contributed by atoms with Gasteiger partial charge in [0.2, 0.25) is 5.78 Å². The van der Waals surface area contributed by atoms with Gasteiger partial charge in [-0.3, -0.25) is 19.7 Å². The van der Waals surface area contributed by atoms with Crippen LogP contribution in [-0.2, 0) is 14.3 Å². The Balaban J connectivity index is 5.03. The fourth-order valence-corrected chi connectivity index (χ4v) is 1.98. The van der Waals surface area contributed by atoms with Crippen molar-refractivity contribution in [3.05, 3.63) is 10.1 Å². The number of carbonyl (C=O) groups excluding carboxylic acids is 3. The monoisotopic (exact) mass is 331 g/mol. The number of nitrogens with one attached hydrogen (secondary N) is 1. The molecule has 0 bridgehead atoms. The molecule has 0 rings (SSSR count). The molecule has 2 amide bonds. The highest BCUT2D eigenvalue weighted by Crippen LogP contribution is 2.13. The van der Waals surface area contributed by atoms with Crippen LogP contribution in [0.5, 0.6) is 0 Å². The maximum atomic E-state index is 12.3. The van der Waals surface area contributed by atoms with Crippen LogP contribution >= 0.6 is 0 Å². The van der Waals surface area contributed by atoms with Crippen molar-refractivity contribution in [2.75, 3.05) is 6.54 Å². The van der Waals surface area contributed by atoms with Gasteiger partial charge in [0.25, 0.3) is 12.5 Å². The first-order valence-corrected chi connectivity index (χ1v) is 7.63. The molecule has 0 heterocycles. The number of hydrogen-bond acceptors (Lipinski definition) is 6. The van der Waals surface area contributed by atoms with Gasteiger partial charge in [0.05, 0.1) is 6.04 Å². The minimum atomic E-state index is -1.13. The van der Waals surface area contributed by atoms with E-state index in [1.165, 1.54) is 0 Å². The first-order valence-electron chi connectivity index (χ1n) is 7.63. The zero-order valence-corrected chi connectivity index (χ0v) is 13.7.